The Morgan fingerprint density at radius 1 is 1.47 bits per heavy atom. The molecule has 15 heavy (non-hydrogen) atoms. The molecule has 0 fully saturated rings. The molecule has 80 valence electrons. The number of nitrogens with two attached hydrogens (primary N) is 1. The number of hydrogen-bond acceptors (Lipinski definition) is 3. The van der Waals surface area contributed by atoms with E-state index >= 15 is 0 Å². The molecule has 1 aromatic rings. The first-order chi connectivity index (χ1) is 7.08. The first-order valence-corrected chi connectivity index (χ1v) is 4.43. The van der Waals surface area contributed by atoms with Crippen molar-refractivity contribution in [1.82, 2.24) is 0 Å². The molecular formula is C11H12FNO2. The maximum Gasteiger partial charge on any atom is 0.332 e. The van der Waals surface area contributed by atoms with Crippen molar-refractivity contribution in [2.45, 2.75) is 13.5 Å². The smallest absolute Gasteiger partial charge is 0.332 e. The second kappa shape index (κ2) is 5.14. The van der Waals surface area contributed by atoms with E-state index in [-0.39, 0.29) is 12.4 Å². The number of esters is 1. The zero-order valence-corrected chi connectivity index (χ0v) is 8.37. The Kier molecular flexibility index (Phi) is 3.85. The maximum atomic E-state index is 12.5. The van der Waals surface area contributed by atoms with E-state index in [0.717, 1.165) is 5.56 Å². The lowest BCUT2D eigenvalue weighted by Crippen LogP contribution is -2.04. The largest absolute Gasteiger partial charge is 0.458 e. The van der Waals surface area contributed by atoms with Gasteiger partial charge in [-0.2, -0.15) is 0 Å². The van der Waals surface area contributed by atoms with Crippen LogP contribution in [0.25, 0.3) is 0 Å². The van der Waals surface area contributed by atoms with Crippen LogP contribution in [0.5, 0.6) is 0 Å². The molecule has 0 radical (unpaired) electrons. The fourth-order valence-corrected chi connectivity index (χ4v) is 0.963. The first kappa shape index (κ1) is 11.2. The van der Waals surface area contributed by atoms with Gasteiger partial charge in [-0.3, -0.25) is 0 Å². The minimum atomic E-state index is -0.501. The summed E-state index contributed by atoms with van der Waals surface area (Å²) in [7, 11) is 0. The number of allylic oxidation sites excluding steroid dienone is 1. The van der Waals surface area contributed by atoms with Crippen LogP contribution in [0.1, 0.15) is 12.5 Å². The van der Waals surface area contributed by atoms with Crippen LogP contribution in [0.3, 0.4) is 0 Å². The fourth-order valence-electron chi connectivity index (χ4n) is 0.963. The molecule has 0 aliphatic rings. The summed E-state index contributed by atoms with van der Waals surface area (Å²) in [5.41, 5.74) is 6.41. The molecule has 0 aliphatic heterocycles. The molecule has 0 aromatic heterocycles. The highest BCUT2D eigenvalue weighted by Crippen LogP contribution is 2.04. The molecule has 2 N–H and O–H groups in total. The van der Waals surface area contributed by atoms with Crippen LogP contribution in [-0.4, -0.2) is 5.97 Å². The predicted molar refractivity (Wildman–Crippen MR) is 54.1 cm³/mol. The lowest BCUT2D eigenvalue weighted by Gasteiger charge is -2.02. The van der Waals surface area contributed by atoms with Crippen molar-refractivity contribution in [2.24, 2.45) is 5.73 Å². The van der Waals surface area contributed by atoms with Crippen molar-refractivity contribution < 1.29 is 13.9 Å². The summed E-state index contributed by atoms with van der Waals surface area (Å²) in [5.74, 6) is -0.817. The van der Waals surface area contributed by atoms with Crippen molar-refractivity contribution in [3.63, 3.8) is 0 Å². The van der Waals surface area contributed by atoms with Gasteiger partial charge in [-0.05, 0) is 24.6 Å². The number of ether oxygens (including phenoxy) is 1. The van der Waals surface area contributed by atoms with E-state index in [9.17, 15) is 9.18 Å². The van der Waals surface area contributed by atoms with Gasteiger partial charge in [0, 0.05) is 11.8 Å². The molecule has 0 spiro atoms. The van der Waals surface area contributed by atoms with E-state index in [4.69, 9.17) is 10.5 Å². The lowest BCUT2D eigenvalue weighted by atomic mass is 10.2. The minimum Gasteiger partial charge on any atom is -0.458 e. The van der Waals surface area contributed by atoms with Crippen LogP contribution in [0, 0.1) is 5.82 Å². The van der Waals surface area contributed by atoms with Gasteiger partial charge < -0.3 is 10.5 Å². The summed E-state index contributed by atoms with van der Waals surface area (Å²) in [4.78, 5) is 11.0. The molecular weight excluding hydrogens is 197 g/mol. The van der Waals surface area contributed by atoms with Crippen LogP contribution >= 0.6 is 0 Å². The number of rotatable bonds is 3. The summed E-state index contributed by atoms with van der Waals surface area (Å²) < 4.78 is 17.4. The van der Waals surface area contributed by atoms with Crippen LogP contribution in [-0.2, 0) is 16.1 Å². The number of hydrogen-bond donors (Lipinski definition) is 1. The summed E-state index contributed by atoms with van der Waals surface area (Å²) in [5, 5.41) is 0. The third-order valence-corrected chi connectivity index (χ3v) is 1.64. The van der Waals surface area contributed by atoms with E-state index in [0.29, 0.717) is 5.70 Å². The molecule has 0 saturated heterocycles. The highest BCUT2D eigenvalue weighted by Gasteiger charge is 1.99. The van der Waals surface area contributed by atoms with Gasteiger partial charge in [0.25, 0.3) is 0 Å². The average Bonchev–Trinajstić information content (AvgIpc) is 2.16. The third kappa shape index (κ3) is 4.26. The number of carbonyl (C=O) groups excluding carboxylic acids is 1. The Labute approximate surface area is 87.3 Å². The molecule has 0 amide bonds. The van der Waals surface area contributed by atoms with Gasteiger partial charge in [-0.1, -0.05) is 12.1 Å². The quantitative estimate of drug-likeness (QED) is 0.609. The summed E-state index contributed by atoms with van der Waals surface area (Å²) in [6, 6.07) is 5.74. The first-order valence-electron chi connectivity index (χ1n) is 4.43. The van der Waals surface area contributed by atoms with Gasteiger partial charge in [-0.15, -0.1) is 0 Å². The molecule has 0 aliphatic carbocycles. The fraction of sp³-hybridized carbons (Fsp3) is 0.182. The Balaban J connectivity index is 2.47. The highest BCUT2D eigenvalue weighted by atomic mass is 19.1. The molecule has 3 nitrogen and oxygen atoms in total. The number of halogens is 1. The maximum absolute atomic E-state index is 12.5. The predicted octanol–water partition coefficient (Wildman–Crippen LogP) is 1.73. The van der Waals surface area contributed by atoms with E-state index in [1.165, 1.54) is 18.2 Å². The van der Waals surface area contributed by atoms with E-state index < -0.39 is 5.97 Å². The third-order valence-electron chi connectivity index (χ3n) is 1.64. The Morgan fingerprint density at radius 2 is 2.07 bits per heavy atom. The Hall–Kier alpha value is -1.84. The number of benzene rings is 1. The van der Waals surface area contributed by atoms with Gasteiger partial charge in [0.2, 0.25) is 0 Å². The van der Waals surface area contributed by atoms with Gasteiger partial charge in [0.1, 0.15) is 12.4 Å². The molecule has 4 heteroatoms. The van der Waals surface area contributed by atoms with Gasteiger partial charge in [0.15, 0.2) is 0 Å². The summed E-state index contributed by atoms with van der Waals surface area (Å²) in [6.07, 6.45) is 1.20. The summed E-state index contributed by atoms with van der Waals surface area (Å²) >= 11 is 0. The van der Waals surface area contributed by atoms with E-state index in [2.05, 4.69) is 0 Å². The van der Waals surface area contributed by atoms with Crippen molar-refractivity contribution in [3.8, 4) is 0 Å². The van der Waals surface area contributed by atoms with Crippen molar-refractivity contribution in [3.05, 3.63) is 47.4 Å². The van der Waals surface area contributed by atoms with Crippen LogP contribution in [0.4, 0.5) is 4.39 Å². The topological polar surface area (TPSA) is 52.3 Å². The summed E-state index contributed by atoms with van der Waals surface area (Å²) in [6.45, 7) is 1.71. The molecule has 0 atom stereocenters. The van der Waals surface area contributed by atoms with E-state index in [1.54, 1.807) is 19.1 Å². The normalized spacial score (nSPS) is 11.2. The zero-order valence-electron chi connectivity index (χ0n) is 8.37. The molecule has 0 unspecified atom stereocenters. The molecule has 0 heterocycles. The highest BCUT2D eigenvalue weighted by molar-refractivity contribution is 5.82. The van der Waals surface area contributed by atoms with Crippen LogP contribution in [0.15, 0.2) is 36.0 Å². The van der Waals surface area contributed by atoms with Crippen LogP contribution in [0.2, 0.25) is 0 Å². The monoisotopic (exact) mass is 209 g/mol. The van der Waals surface area contributed by atoms with Crippen LogP contribution < -0.4 is 5.73 Å². The Morgan fingerprint density at radius 3 is 2.60 bits per heavy atom. The standard InChI is InChI=1S/C11H12FNO2/c1-8(13)6-11(14)15-7-9-2-4-10(12)5-3-9/h2-6H,7,13H2,1H3. The lowest BCUT2D eigenvalue weighted by molar-refractivity contribution is -0.139. The Bertz CT molecular complexity index is 367. The van der Waals surface area contributed by atoms with Crippen molar-refractivity contribution in [2.75, 3.05) is 0 Å². The minimum absolute atomic E-state index is 0.114. The number of carbonyl (C=O) groups is 1. The average molecular weight is 209 g/mol. The molecule has 1 rings (SSSR count). The SMILES string of the molecule is CC(N)=CC(=O)OCc1ccc(F)cc1. The van der Waals surface area contributed by atoms with Crippen molar-refractivity contribution in [1.29, 1.82) is 0 Å². The van der Waals surface area contributed by atoms with Gasteiger partial charge >= 0.3 is 5.97 Å². The van der Waals surface area contributed by atoms with Gasteiger partial charge in [0.05, 0.1) is 0 Å². The molecule has 1 aromatic carbocycles. The molecule has 0 saturated carbocycles. The zero-order chi connectivity index (χ0) is 11.3. The van der Waals surface area contributed by atoms with Gasteiger partial charge in [-0.25, -0.2) is 9.18 Å². The second-order valence-electron chi connectivity index (χ2n) is 3.12. The second-order valence-corrected chi connectivity index (χ2v) is 3.12. The molecule has 0 bridgehead atoms. The van der Waals surface area contributed by atoms with E-state index in [1.807, 2.05) is 0 Å². The van der Waals surface area contributed by atoms with Crippen molar-refractivity contribution >= 4 is 5.97 Å².